The Bertz CT molecular complexity index is 689. The average molecular weight is 312 g/mol. The molecule has 0 saturated heterocycles. The molecule has 0 aliphatic rings. The molecule has 23 heavy (non-hydrogen) atoms. The lowest BCUT2D eigenvalue weighted by Crippen LogP contribution is -2.13. The van der Waals surface area contributed by atoms with Crippen LogP contribution in [-0.4, -0.2) is 17.0 Å². The Balaban J connectivity index is 2.12. The van der Waals surface area contributed by atoms with Crippen LogP contribution >= 0.6 is 0 Å². The van der Waals surface area contributed by atoms with Gasteiger partial charge in [-0.2, -0.15) is 0 Å². The number of carboxylic acid groups (broad SMARTS) is 1. The zero-order valence-corrected chi connectivity index (χ0v) is 13.3. The topological polar surface area (TPSA) is 63.6 Å². The Morgan fingerprint density at radius 1 is 1.04 bits per heavy atom. The Morgan fingerprint density at radius 3 is 2.22 bits per heavy atom. The van der Waals surface area contributed by atoms with Crippen LogP contribution in [0.15, 0.2) is 48.5 Å². The molecule has 4 nitrogen and oxygen atoms in total. The molecule has 120 valence electrons. The number of rotatable bonds is 6. The van der Waals surface area contributed by atoms with Gasteiger partial charge < -0.3 is 9.84 Å². The van der Waals surface area contributed by atoms with E-state index in [0.29, 0.717) is 0 Å². The first-order valence-electron chi connectivity index (χ1n) is 7.65. The minimum atomic E-state index is -1.14. The highest BCUT2D eigenvalue weighted by Gasteiger charge is 2.19. The van der Waals surface area contributed by atoms with Crippen LogP contribution in [0.25, 0.3) is 0 Å². The van der Waals surface area contributed by atoms with Crippen molar-refractivity contribution < 1.29 is 19.4 Å². The molecule has 0 aromatic heterocycles. The van der Waals surface area contributed by atoms with Crippen LogP contribution in [0.1, 0.15) is 58.2 Å². The number of benzene rings is 2. The molecule has 0 amide bonds. The molecule has 0 bridgehead atoms. The van der Waals surface area contributed by atoms with Crippen LogP contribution in [-0.2, 0) is 11.2 Å². The number of carboxylic acids is 1. The van der Waals surface area contributed by atoms with E-state index in [-0.39, 0.29) is 11.1 Å². The number of esters is 1. The van der Waals surface area contributed by atoms with Crippen LogP contribution in [0.2, 0.25) is 0 Å². The second-order valence-electron chi connectivity index (χ2n) is 5.39. The highest BCUT2D eigenvalue weighted by molar-refractivity contribution is 6.02. The highest BCUT2D eigenvalue weighted by Crippen LogP contribution is 2.21. The predicted molar refractivity (Wildman–Crippen MR) is 87.7 cm³/mol. The van der Waals surface area contributed by atoms with Gasteiger partial charge in [0.2, 0.25) is 0 Å². The predicted octanol–water partition coefficient (Wildman–Crippen LogP) is 4.26. The van der Waals surface area contributed by atoms with Gasteiger partial charge in [-0.25, -0.2) is 9.59 Å². The van der Waals surface area contributed by atoms with Crippen molar-refractivity contribution in [3.8, 4) is 0 Å². The standard InChI is InChI=1S/C19H20O4/c1-3-6-14-9-11-15(12-10-14)13(2)23-19(22)17-8-5-4-7-16(17)18(20)21/h4-5,7-13H,3,6H2,1-2H3,(H,20,21)/t13-/m0/s1. The van der Waals surface area contributed by atoms with E-state index in [1.165, 1.54) is 17.7 Å². The van der Waals surface area contributed by atoms with E-state index in [0.717, 1.165) is 18.4 Å². The monoisotopic (exact) mass is 312 g/mol. The minimum Gasteiger partial charge on any atom is -0.478 e. The third-order valence-corrected chi connectivity index (χ3v) is 3.65. The third kappa shape index (κ3) is 4.19. The largest absolute Gasteiger partial charge is 0.478 e. The fraction of sp³-hybridized carbons (Fsp3) is 0.263. The number of carbonyl (C=O) groups is 2. The summed E-state index contributed by atoms with van der Waals surface area (Å²) in [7, 11) is 0. The maximum atomic E-state index is 12.2. The van der Waals surface area contributed by atoms with E-state index in [1.54, 1.807) is 19.1 Å². The van der Waals surface area contributed by atoms with Gasteiger partial charge in [0.15, 0.2) is 0 Å². The molecule has 0 saturated carbocycles. The van der Waals surface area contributed by atoms with Crippen LogP contribution in [0.5, 0.6) is 0 Å². The lowest BCUT2D eigenvalue weighted by atomic mass is 10.0. The summed E-state index contributed by atoms with van der Waals surface area (Å²) in [5.41, 5.74) is 2.13. The van der Waals surface area contributed by atoms with Crippen LogP contribution in [0.4, 0.5) is 0 Å². The van der Waals surface area contributed by atoms with E-state index in [2.05, 4.69) is 6.92 Å². The quantitative estimate of drug-likeness (QED) is 0.810. The molecule has 4 heteroatoms. The van der Waals surface area contributed by atoms with Gasteiger partial charge in [-0.1, -0.05) is 49.7 Å². The number of hydrogen-bond donors (Lipinski definition) is 1. The molecule has 2 aromatic rings. The number of carbonyl (C=O) groups excluding carboxylic acids is 1. The number of ether oxygens (including phenoxy) is 1. The first-order valence-corrected chi connectivity index (χ1v) is 7.65. The first-order chi connectivity index (χ1) is 11.0. The molecule has 1 N–H and O–H groups in total. The molecule has 1 atom stereocenters. The minimum absolute atomic E-state index is 0.0528. The lowest BCUT2D eigenvalue weighted by Gasteiger charge is -2.15. The summed E-state index contributed by atoms with van der Waals surface area (Å²) in [6.45, 7) is 3.90. The molecule has 0 fully saturated rings. The van der Waals surface area contributed by atoms with Gasteiger partial charge in [-0.3, -0.25) is 0 Å². The zero-order valence-electron chi connectivity index (χ0n) is 13.3. The zero-order chi connectivity index (χ0) is 16.8. The van der Waals surface area contributed by atoms with Crippen LogP contribution < -0.4 is 0 Å². The summed E-state index contributed by atoms with van der Waals surface area (Å²) in [6.07, 6.45) is 1.65. The Kier molecular flexibility index (Phi) is 5.52. The van der Waals surface area contributed by atoms with Crippen molar-refractivity contribution in [1.82, 2.24) is 0 Å². The molecular formula is C19H20O4. The van der Waals surface area contributed by atoms with E-state index in [4.69, 9.17) is 9.84 Å². The van der Waals surface area contributed by atoms with Crippen molar-refractivity contribution in [2.45, 2.75) is 32.8 Å². The van der Waals surface area contributed by atoms with E-state index < -0.39 is 18.0 Å². The fourth-order valence-electron chi connectivity index (χ4n) is 2.38. The number of aryl methyl sites for hydroxylation is 1. The van der Waals surface area contributed by atoms with Gasteiger partial charge >= 0.3 is 11.9 Å². The smallest absolute Gasteiger partial charge is 0.339 e. The van der Waals surface area contributed by atoms with Gasteiger partial charge in [-0.15, -0.1) is 0 Å². The summed E-state index contributed by atoms with van der Waals surface area (Å²) in [6, 6.07) is 14.0. The van der Waals surface area contributed by atoms with Gasteiger partial charge in [0, 0.05) is 0 Å². The fourth-order valence-corrected chi connectivity index (χ4v) is 2.38. The Labute approximate surface area is 135 Å². The average Bonchev–Trinajstić information content (AvgIpc) is 2.55. The van der Waals surface area contributed by atoms with Gasteiger partial charge in [0.1, 0.15) is 6.10 Å². The molecule has 2 rings (SSSR count). The summed E-state index contributed by atoms with van der Waals surface area (Å²) in [5, 5.41) is 9.14. The number of aromatic carboxylic acids is 1. The van der Waals surface area contributed by atoms with Crippen LogP contribution in [0.3, 0.4) is 0 Å². The highest BCUT2D eigenvalue weighted by atomic mass is 16.5. The third-order valence-electron chi connectivity index (χ3n) is 3.65. The van der Waals surface area contributed by atoms with Crippen molar-refractivity contribution in [3.05, 3.63) is 70.8 Å². The first kappa shape index (κ1) is 16.7. The summed E-state index contributed by atoms with van der Waals surface area (Å²) < 4.78 is 5.41. The van der Waals surface area contributed by atoms with E-state index in [9.17, 15) is 9.59 Å². The summed E-state index contributed by atoms with van der Waals surface area (Å²) >= 11 is 0. The van der Waals surface area contributed by atoms with E-state index >= 15 is 0 Å². The molecule has 0 unspecified atom stereocenters. The SMILES string of the molecule is CCCc1ccc([C@H](C)OC(=O)c2ccccc2C(=O)O)cc1. The molecule has 2 aromatic carbocycles. The van der Waals surface area contributed by atoms with Crippen molar-refractivity contribution >= 4 is 11.9 Å². The molecule has 0 aliphatic carbocycles. The van der Waals surface area contributed by atoms with Gasteiger partial charge in [0.25, 0.3) is 0 Å². The second kappa shape index (κ2) is 7.58. The van der Waals surface area contributed by atoms with E-state index in [1.807, 2.05) is 24.3 Å². The van der Waals surface area contributed by atoms with Gasteiger partial charge in [-0.05, 0) is 36.6 Å². The normalized spacial score (nSPS) is 11.7. The Morgan fingerprint density at radius 2 is 1.65 bits per heavy atom. The molecule has 0 aliphatic heterocycles. The maximum Gasteiger partial charge on any atom is 0.339 e. The molecule has 0 heterocycles. The lowest BCUT2D eigenvalue weighted by molar-refractivity contribution is 0.0331. The molecule has 0 spiro atoms. The van der Waals surface area contributed by atoms with Crippen LogP contribution in [0, 0.1) is 0 Å². The molecule has 0 radical (unpaired) electrons. The van der Waals surface area contributed by atoms with Crippen molar-refractivity contribution in [3.63, 3.8) is 0 Å². The Hall–Kier alpha value is -2.62. The second-order valence-corrected chi connectivity index (χ2v) is 5.39. The molecular weight excluding hydrogens is 292 g/mol. The van der Waals surface area contributed by atoms with Gasteiger partial charge in [0.05, 0.1) is 11.1 Å². The van der Waals surface area contributed by atoms with Crippen molar-refractivity contribution in [2.75, 3.05) is 0 Å². The number of hydrogen-bond acceptors (Lipinski definition) is 3. The maximum absolute atomic E-state index is 12.2. The van der Waals surface area contributed by atoms with Crippen molar-refractivity contribution in [2.24, 2.45) is 0 Å². The summed E-state index contributed by atoms with van der Waals surface area (Å²) in [5.74, 6) is -1.78. The summed E-state index contributed by atoms with van der Waals surface area (Å²) in [4.78, 5) is 23.4. The van der Waals surface area contributed by atoms with Crippen molar-refractivity contribution in [1.29, 1.82) is 0 Å².